The Morgan fingerprint density at radius 3 is 2.58 bits per heavy atom. The summed E-state index contributed by atoms with van der Waals surface area (Å²) in [5.74, 6) is 0.551. The van der Waals surface area contributed by atoms with E-state index in [-0.39, 0.29) is 6.03 Å². The van der Waals surface area contributed by atoms with Crippen LogP contribution in [-0.4, -0.2) is 41.7 Å². The molecule has 0 saturated heterocycles. The molecule has 2 aliphatic carbocycles. The Labute approximate surface area is 117 Å². The van der Waals surface area contributed by atoms with Crippen LogP contribution in [0.4, 0.5) is 4.79 Å². The summed E-state index contributed by atoms with van der Waals surface area (Å²) in [6.45, 7) is 0.693. The Morgan fingerprint density at radius 2 is 2.11 bits per heavy atom. The van der Waals surface area contributed by atoms with E-state index in [4.69, 9.17) is 5.11 Å². The average Bonchev–Trinajstić information content (AvgIpc) is 3.24. The van der Waals surface area contributed by atoms with Gasteiger partial charge in [-0.05, 0) is 55.4 Å². The number of carboxylic acid groups (broad SMARTS) is 1. The smallest absolute Gasteiger partial charge is 0.326 e. The summed E-state index contributed by atoms with van der Waals surface area (Å²) in [5.41, 5.74) is 0.343. The standard InChI is InChI=1S/C13H22N2O3S/c1-19-7-4-10(11(16)17)15-12(18)14-8-13(5-6-13)9-2-3-9/h9-10H,2-8H2,1H3,(H,16,17)(H2,14,15,18)/t10-/m1/s1. The molecular weight excluding hydrogens is 264 g/mol. The number of aliphatic carboxylic acids is 1. The zero-order valence-electron chi connectivity index (χ0n) is 11.3. The first-order chi connectivity index (χ1) is 9.07. The molecule has 2 amide bonds. The van der Waals surface area contributed by atoms with E-state index in [1.54, 1.807) is 11.8 Å². The second-order valence-electron chi connectivity index (χ2n) is 5.64. The molecule has 19 heavy (non-hydrogen) atoms. The first-order valence-electron chi connectivity index (χ1n) is 6.83. The van der Waals surface area contributed by atoms with Gasteiger partial charge in [-0.15, -0.1) is 0 Å². The zero-order chi connectivity index (χ0) is 13.9. The number of amides is 2. The molecule has 6 heteroatoms. The third kappa shape index (κ3) is 4.03. The van der Waals surface area contributed by atoms with Gasteiger partial charge in [0.1, 0.15) is 6.04 Å². The van der Waals surface area contributed by atoms with Crippen molar-refractivity contribution in [3.63, 3.8) is 0 Å². The first kappa shape index (κ1) is 14.5. The van der Waals surface area contributed by atoms with Gasteiger partial charge in [-0.1, -0.05) is 0 Å². The first-order valence-corrected chi connectivity index (χ1v) is 8.23. The zero-order valence-corrected chi connectivity index (χ0v) is 12.1. The molecule has 108 valence electrons. The summed E-state index contributed by atoms with van der Waals surface area (Å²) in [7, 11) is 0. The molecule has 2 saturated carbocycles. The molecule has 0 aromatic heterocycles. The fourth-order valence-corrected chi connectivity index (χ4v) is 3.02. The van der Waals surface area contributed by atoms with E-state index < -0.39 is 12.0 Å². The maximum Gasteiger partial charge on any atom is 0.326 e. The van der Waals surface area contributed by atoms with Gasteiger partial charge in [-0.25, -0.2) is 9.59 Å². The predicted octanol–water partition coefficient (Wildman–Crippen LogP) is 1.68. The van der Waals surface area contributed by atoms with Gasteiger partial charge in [0.05, 0.1) is 0 Å². The number of carbonyl (C=O) groups is 2. The molecule has 0 aliphatic heterocycles. The van der Waals surface area contributed by atoms with Gasteiger partial charge in [0.25, 0.3) is 0 Å². The molecule has 0 aromatic carbocycles. The Morgan fingerprint density at radius 1 is 1.42 bits per heavy atom. The molecule has 0 spiro atoms. The van der Waals surface area contributed by atoms with E-state index in [1.165, 1.54) is 25.7 Å². The Balaban J connectivity index is 1.71. The minimum atomic E-state index is -0.965. The number of rotatable bonds is 8. The lowest BCUT2D eigenvalue weighted by atomic mass is 10.0. The summed E-state index contributed by atoms with van der Waals surface area (Å²) < 4.78 is 0. The molecule has 0 unspecified atom stereocenters. The van der Waals surface area contributed by atoms with Gasteiger partial charge in [0, 0.05) is 6.54 Å². The lowest BCUT2D eigenvalue weighted by Crippen LogP contribution is -2.47. The van der Waals surface area contributed by atoms with E-state index in [1.807, 2.05) is 6.26 Å². The number of nitrogens with one attached hydrogen (secondary N) is 2. The van der Waals surface area contributed by atoms with Crippen molar-refractivity contribution in [1.82, 2.24) is 10.6 Å². The third-order valence-electron chi connectivity index (χ3n) is 4.15. The highest BCUT2D eigenvalue weighted by atomic mass is 32.2. The van der Waals surface area contributed by atoms with Crippen molar-refractivity contribution < 1.29 is 14.7 Å². The highest BCUT2D eigenvalue weighted by Crippen LogP contribution is 2.60. The lowest BCUT2D eigenvalue weighted by Gasteiger charge is -2.18. The number of carboxylic acids is 1. The Bertz CT molecular complexity index is 354. The summed E-state index contributed by atoms with van der Waals surface area (Å²) in [6.07, 6.45) is 7.35. The molecule has 0 bridgehead atoms. The minimum absolute atomic E-state index is 0.343. The van der Waals surface area contributed by atoms with Crippen molar-refractivity contribution in [3.05, 3.63) is 0 Å². The van der Waals surface area contributed by atoms with Crippen LogP contribution in [0.5, 0.6) is 0 Å². The largest absolute Gasteiger partial charge is 0.480 e. The Hall–Kier alpha value is -0.910. The SMILES string of the molecule is CSCC[C@@H](NC(=O)NCC1(C2CC2)CC1)C(=O)O. The van der Waals surface area contributed by atoms with Crippen LogP contribution in [0, 0.1) is 11.3 Å². The van der Waals surface area contributed by atoms with E-state index >= 15 is 0 Å². The topological polar surface area (TPSA) is 78.4 Å². The number of hydrogen-bond donors (Lipinski definition) is 3. The monoisotopic (exact) mass is 286 g/mol. The van der Waals surface area contributed by atoms with Crippen LogP contribution in [-0.2, 0) is 4.79 Å². The van der Waals surface area contributed by atoms with Gasteiger partial charge in [-0.2, -0.15) is 11.8 Å². The quantitative estimate of drug-likeness (QED) is 0.634. The molecule has 0 heterocycles. The molecule has 0 aromatic rings. The van der Waals surface area contributed by atoms with Crippen molar-refractivity contribution >= 4 is 23.8 Å². The maximum atomic E-state index is 11.7. The second-order valence-corrected chi connectivity index (χ2v) is 6.62. The average molecular weight is 286 g/mol. The van der Waals surface area contributed by atoms with Gasteiger partial charge >= 0.3 is 12.0 Å². The summed E-state index contributed by atoms with van der Waals surface area (Å²) in [5, 5.41) is 14.4. The van der Waals surface area contributed by atoms with Crippen molar-refractivity contribution in [2.45, 2.75) is 38.1 Å². The summed E-state index contributed by atoms with van der Waals surface area (Å²) in [6, 6.07) is -1.14. The lowest BCUT2D eigenvalue weighted by molar-refractivity contribution is -0.139. The van der Waals surface area contributed by atoms with Crippen LogP contribution < -0.4 is 10.6 Å². The molecule has 5 nitrogen and oxygen atoms in total. The third-order valence-corrected chi connectivity index (χ3v) is 4.79. The normalized spacial score (nSPS) is 21.5. The van der Waals surface area contributed by atoms with Gasteiger partial charge in [-0.3, -0.25) is 0 Å². The number of carbonyl (C=O) groups excluding carboxylic acids is 1. The highest BCUT2D eigenvalue weighted by molar-refractivity contribution is 7.98. The summed E-state index contributed by atoms with van der Waals surface area (Å²) >= 11 is 1.58. The van der Waals surface area contributed by atoms with Gasteiger partial charge in [0.15, 0.2) is 0 Å². The molecule has 2 aliphatic rings. The number of thioether (sulfide) groups is 1. The minimum Gasteiger partial charge on any atom is -0.480 e. The number of urea groups is 1. The predicted molar refractivity (Wildman–Crippen MR) is 75.3 cm³/mol. The van der Waals surface area contributed by atoms with Crippen LogP contribution in [0.15, 0.2) is 0 Å². The van der Waals surface area contributed by atoms with Crippen molar-refractivity contribution in [1.29, 1.82) is 0 Å². The fraction of sp³-hybridized carbons (Fsp3) is 0.846. The molecule has 3 N–H and O–H groups in total. The van der Waals surface area contributed by atoms with Crippen LogP contribution in [0.3, 0.4) is 0 Å². The highest BCUT2D eigenvalue weighted by Gasteiger charge is 2.53. The van der Waals surface area contributed by atoms with E-state index in [0.29, 0.717) is 18.4 Å². The number of hydrogen-bond acceptors (Lipinski definition) is 3. The van der Waals surface area contributed by atoms with Crippen LogP contribution >= 0.6 is 11.8 Å². The van der Waals surface area contributed by atoms with Gasteiger partial charge in [0.2, 0.25) is 0 Å². The Kier molecular flexibility index (Phi) is 4.60. The van der Waals surface area contributed by atoms with Crippen molar-refractivity contribution in [3.8, 4) is 0 Å². The molecule has 2 fully saturated rings. The van der Waals surface area contributed by atoms with Gasteiger partial charge < -0.3 is 15.7 Å². The van der Waals surface area contributed by atoms with E-state index in [0.717, 1.165) is 11.7 Å². The van der Waals surface area contributed by atoms with Crippen molar-refractivity contribution in [2.75, 3.05) is 18.6 Å². The fourth-order valence-electron chi connectivity index (χ4n) is 2.54. The van der Waals surface area contributed by atoms with Crippen LogP contribution in [0.1, 0.15) is 32.1 Å². The molecule has 0 radical (unpaired) electrons. The molecule has 1 atom stereocenters. The maximum absolute atomic E-state index is 11.7. The van der Waals surface area contributed by atoms with E-state index in [2.05, 4.69) is 10.6 Å². The van der Waals surface area contributed by atoms with Crippen LogP contribution in [0.25, 0.3) is 0 Å². The van der Waals surface area contributed by atoms with Crippen molar-refractivity contribution in [2.24, 2.45) is 11.3 Å². The van der Waals surface area contributed by atoms with E-state index in [9.17, 15) is 9.59 Å². The molecule has 2 rings (SSSR count). The van der Waals surface area contributed by atoms with Crippen LogP contribution in [0.2, 0.25) is 0 Å². The molecular formula is C13H22N2O3S. The summed E-state index contributed by atoms with van der Waals surface area (Å²) in [4.78, 5) is 22.8. The second kappa shape index (κ2) is 6.03.